The molecule has 1 atom stereocenters. The van der Waals surface area contributed by atoms with Crippen LogP contribution in [0.1, 0.15) is 17.5 Å². The van der Waals surface area contributed by atoms with Crippen LogP contribution in [0.3, 0.4) is 0 Å². The number of hydrogen-bond acceptors (Lipinski definition) is 5. The summed E-state index contributed by atoms with van der Waals surface area (Å²) in [7, 11) is 0. The van der Waals surface area contributed by atoms with Gasteiger partial charge < -0.3 is 9.63 Å². The molecule has 88 valence electrons. The van der Waals surface area contributed by atoms with Crippen LogP contribution in [-0.2, 0) is 4.79 Å². The predicted octanol–water partition coefficient (Wildman–Crippen LogP) is 0.596. The van der Waals surface area contributed by atoms with Crippen molar-refractivity contribution in [1.29, 1.82) is 0 Å². The van der Waals surface area contributed by atoms with Gasteiger partial charge in [-0.15, -0.1) is 16.5 Å². The van der Waals surface area contributed by atoms with Crippen molar-refractivity contribution in [3.63, 3.8) is 0 Å². The minimum Gasteiger partial charge on any atom is -0.480 e. The Bertz CT molecular complexity index is 461. The lowest BCUT2D eigenvalue weighted by Crippen LogP contribution is -2.25. The lowest BCUT2D eigenvalue weighted by atomic mass is 10.5. The number of aliphatic carboxylic acids is 1. The van der Waals surface area contributed by atoms with Gasteiger partial charge in [0.2, 0.25) is 0 Å². The highest BCUT2D eigenvalue weighted by molar-refractivity contribution is 8.01. The Morgan fingerprint density at radius 2 is 2.25 bits per heavy atom. The van der Waals surface area contributed by atoms with E-state index in [-0.39, 0.29) is 5.75 Å². The van der Waals surface area contributed by atoms with E-state index in [1.807, 2.05) is 0 Å². The fourth-order valence-corrected chi connectivity index (χ4v) is 1.60. The molecule has 16 heavy (non-hydrogen) atoms. The van der Waals surface area contributed by atoms with Crippen molar-refractivity contribution in [2.24, 2.45) is 0 Å². The zero-order valence-electron chi connectivity index (χ0n) is 8.80. The second-order valence-corrected chi connectivity index (χ2v) is 4.49. The Morgan fingerprint density at radius 3 is 2.69 bits per heavy atom. The molecule has 1 heterocycles. The lowest BCUT2D eigenvalue weighted by Gasteiger charge is -2.04. The molecule has 0 amide bonds. The molecule has 1 rings (SSSR count). The van der Waals surface area contributed by atoms with Crippen molar-refractivity contribution < 1.29 is 19.2 Å². The fraction of sp³-hybridized carbons (Fsp3) is 0.444. The number of carboxylic acids is 1. The van der Waals surface area contributed by atoms with Crippen LogP contribution >= 0.6 is 11.8 Å². The van der Waals surface area contributed by atoms with Gasteiger partial charge in [0.15, 0.2) is 0 Å². The summed E-state index contributed by atoms with van der Waals surface area (Å²) >= 11 is 0.937. The molecule has 1 aromatic rings. The maximum absolute atomic E-state index is 11.5. The monoisotopic (exact) mass is 245 g/mol. The molecule has 0 saturated carbocycles. The van der Waals surface area contributed by atoms with E-state index < -0.39 is 22.7 Å². The summed E-state index contributed by atoms with van der Waals surface area (Å²) in [5, 5.41) is 7.90. The highest BCUT2D eigenvalue weighted by Gasteiger charge is 2.17. The van der Waals surface area contributed by atoms with Crippen LogP contribution < -0.4 is 5.56 Å². The number of nitrogens with zero attached hydrogens (tertiary/aromatic N) is 1. The van der Waals surface area contributed by atoms with Gasteiger partial charge in [-0.25, -0.2) is 0 Å². The smallest absolute Gasteiger partial charge is 0.316 e. The Hall–Kier alpha value is -1.50. The zero-order valence-corrected chi connectivity index (χ0v) is 9.61. The number of carbonyl (C=O) groups is 2. The minimum absolute atomic E-state index is 0.111. The van der Waals surface area contributed by atoms with Crippen LogP contribution in [0.2, 0.25) is 0 Å². The summed E-state index contributed by atoms with van der Waals surface area (Å²) < 4.78 is 5.50. The summed E-state index contributed by atoms with van der Waals surface area (Å²) in [4.78, 5) is 33.1. The highest BCUT2D eigenvalue weighted by Crippen LogP contribution is 2.10. The van der Waals surface area contributed by atoms with Crippen LogP contribution in [0.5, 0.6) is 0 Å². The molecule has 0 fully saturated rings. The Balaban J connectivity index is 2.63. The molecule has 0 radical (unpaired) electrons. The first kappa shape index (κ1) is 12.6. The number of aromatic nitrogens is 1. The molecule has 0 spiro atoms. The first-order valence-electron chi connectivity index (χ1n) is 4.49. The number of hydrogen-bond donors (Lipinski definition) is 1. The van der Waals surface area contributed by atoms with Crippen LogP contribution in [0.4, 0.5) is 0 Å². The molecule has 6 nitrogen and oxygen atoms in total. The van der Waals surface area contributed by atoms with E-state index in [1.54, 1.807) is 6.92 Å². The minimum atomic E-state index is -0.999. The number of rotatable bonds is 4. The fourth-order valence-electron chi connectivity index (χ4n) is 0.948. The van der Waals surface area contributed by atoms with Gasteiger partial charge >= 0.3 is 5.97 Å². The highest BCUT2D eigenvalue weighted by atomic mass is 32.2. The third kappa shape index (κ3) is 2.99. The van der Waals surface area contributed by atoms with Crippen molar-refractivity contribution in [2.45, 2.75) is 19.1 Å². The van der Waals surface area contributed by atoms with Crippen molar-refractivity contribution >= 4 is 23.6 Å². The van der Waals surface area contributed by atoms with Gasteiger partial charge in [0.25, 0.3) is 11.5 Å². The Kier molecular flexibility index (Phi) is 3.94. The molecule has 1 aromatic heterocycles. The van der Waals surface area contributed by atoms with Gasteiger partial charge in [0.05, 0.1) is 11.0 Å². The molecule has 0 saturated heterocycles. The van der Waals surface area contributed by atoms with E-state index in [9.17, 15) is 14.4 Å². The average Bonchev–Trinajstić information content (AvgIpc) is 2.53. The van der Waals surface area contributed by atoms with E-state index in [1.165, 1.54) is 13.0 Å². The van der Waals surface area contributed by atoms with Crippen molar-refractivity contribution in [2.75, 3.05) is 5.75 Å². The second kappa shape index (κ2) is 5.02. The predicted molar refractivity (Wildman–Crippen MR) is 57.9 cm³/mol. The number of thioether (sulfide) groups is 1. The molecular formula is C9H11NO5S. The summed E-state index contributed by atoms with van der Waals surface area (Å²) in [6.07, 6.45) is 0. The zero-order chi connectivity index (χ0) is 12.3. The van der Waals surface area contributed by atoms with Crippen LogP contribution in [0.25, 0.3) is 0 Å². The number of carbonyl (C=O) groups excluding carboxylic acids is 1. The maximum Gasteiger partial charge on any atom is 0.316 e. The molecule has 1 N–H and O–H groups in total. The van der Waals surface area contributed by atoms with E-state index in [0.29, 0.717) is 10.5 Å². The van der Waals surface area contributed by atoms with Gasteiger partial charge in [-0.2, -0.15) is 0 Å². The molecule has 0 aliphatic carbocycles. The lowest BCUT2D eigenvalue weighted by molar-refractivity contribution is -0.136. The second-order valence-electron chi connectivity index (χ2n) is 3.16. The van der Waals surface area contributed by atoms with E-state index in [4.69, 9.17) is 9.63 Å². The van der Waals surface area contributed by atoms with Crippen LogP contribution in [0.15, 0.2) is 15.4 Å². The van der Waals surface area contributed by atoms with Crippen molar-refractivity contribution in [3.8, 4) is 0 Å². The van der Waals surface area contributed by atoms with Gasteiger partial charge in [-0.3, -0.25) is 14.4 Å². The molecule has 0 aliphatic heterocycles. The van der Waals surface area contributed by atoms with E-state index in [0.717, 1.165) is 11.8 Å². The standard InChI is InChI=1S/C9H11NO5S/c1-5-3-7(11)10(15-5)8(12)4-16-6(2)9(13)14/h3,6H,4H2,1-2H3,(H,13,14). The Morgan fingerprint density at radius 1 is 1.62 bits per heavy atom. The first-order chi connectivity index (χ1) is 7.41. The molecular weight excluding hydrogens is 234 g/mol. The van der Waals surface area contributed by atoms with Crippen molar-refractivity contribution in [3.05, 3.63) is 22.2 Å². The average molecular weight is 245 g/mol. The molecule has 0 aliphatic rings. The third-order valence-corrected chi connectivity index (χ3v) is 2.91. The number of carboxylic acid groups (broad SMARTS) is 1. The molecule has 0 aromatic carbocycles. The van der Waals surface area contributed by atoms with Gasteiger partial charge in [0.1, 0.15) is 5.76 Å². The van der Waals surface area contributed by atoms with Gasteiger partial charge in [-0.1, -0.05) is 0 Å². The number of aryl methyl sites for hydroxylation is 1. The van der Waals surface area contributed by atoms with Crippen LogP contribution in [-0.4, -0.2) is 32.7 Å². The third-order valence-electron chi connectivity index (χ3n) is 1.79. The van der Waals surface area contributed by atoms with Crippen LogP contribution in [0, 0.1) is 6.92 Å². The van der Waals surface area contributed by atoms with Gasteiger partial charge in [0, 0.05) is 6.07 Å². The van der Waals surface area contributed by atoms with E-state index in [2.05, 4.69) is 0 Å². The Labute approximate surface area is 95.2 Å². The molecule has 7 heteroatoms. The molecule has 0 bridgehead atoms. The quantitative estimate of drug-likeness (QED) is 0.835. The van der Waals surface area contributed by atoms with E-state index >= 15 is 0 Å². The summed E-state index contributed by atoms with van der Waals surface area (Å²) in [6.45, 7) is 3.02. The summed E-state index contributed by atoms with van der Waals surface area (Å²) in [5.41, 5.74) is -0.536. The normalized spacial score (nSPS) is 12.4. The maximum atomic E-state index is 11.5. The molecule has 1 unspecified atom stereocenters. The summed E-state index contributed by atoms with van der Waals surface area (Å²) in [5.74, 6) is -1.33. The van der Waals surface area contributed by atoms with Gasteiger partial charge in [-0.05, 0) is 13.8 Å². The first-order valence-corrected chi connectivity index (χ1v) is 5.54. The topological polar surface area (TPSA) is 89.5 Å². The summed E-state index contributed by atoms with van der Waals surface area (Å²) in [6, 6.07) is 1.20. The SMILES string of the molecule is Cc1cc(=O)n(C(=O)CSC(C)C(=O)O)o1. The largest absolute Gasteiger partial charge is 0.480 e. The van der Waals surface area contributed by atoms with Crippen molar-refractivity contribution in [1.82, 2.24) is 4.74 Å².